The summed E-state index contributed by atoms with van der Waals surface area (Å²) in [5, 5.41) is 7.83. The summed E-state index contributed by atoms with van der Waals surface area (Å²) in [5.41, 5.74) is 4.67. The van der Waals surface area contributed by atoms with Crippen LogP contribution in [0.1, 0.15) is 6.92 Å². The molecule has 10 heavy (non-hydrogen) atoms. The van der Waals surface area contributed by atoms with Crippen LogP contribution >= 0.6 is 0 Å². The summed E-state index contributed by atoms with van der Waals surface area (Å²) in [6, 6.07) is 0. The maximum absolute atomic E-state index is 7.83. The summed E-state index contributed by atoms with van der Waals surface area (Å²) >= 11 is 0. The molecule has 0 saturated carbocycles. The van der Waals surface area contributed by atoms with E-state index in [1.165, 1.54) is 6.92 Å². The van der Waals surface area contributed by atoms with Crippen molar-refractivity contribution in [3.05, 3.63) is 0 Å². The van der Waals surface area contributed by atoms with Crippen LogP contribution in [0.4, 0.5) is 0 Å². The molecule has 1 unspecified atom stereocenters. The predicted molar refractivity (Wildman–Crippen MR) is 42.7 cm³/mol. The molecule has 0 amide bonds. The SMILES string of the molecule is CC(N)O.CN(C)C.O.O. The molecule has 5 heteroatoms. The molecule has 0 fully saturated rings. The minimum atomic E-state index is -0.667. The van der Waals surface area contributed by atoms with Crippen molar-refractivity contribution < 1.29 is 16.1 Å². The van der Waals surface area contributed by atoms with E-state index in [1.807, 2.05) is 26.0 Å². The van der Waals surface area contributed by atoms with Gasteiger partial charge in [0.25, 0.3) is 0 Å². The lowest BCUT2D eigenvalue weighted by Crippen LogP contribution is -2.11. The maximum atomic E-state index is 7.83. The van der Waals surface area contributed by atoms with Gasteiger partial charge in [-0.05, 0) is 28.1 Å². The van der Waals surface area contributed by atoms with Crippen molar-refractivity contribution in [1.82, 2.24) is 4.90 Å². The fraction of sp³-hybridized carbons (Fsp3) is 1.00. The largest absolute Gasteiger partial charge is 0.412 e. The van der Waals surface area contributed by atoms with Gasteiger partial charge in [0.05, 0.1) is 6.23 Å². The number of nitrogens with zero attached hydrogens (tertiary/aromatic N) is 1. The molecular weight excluding hydrogens is 136 g/mol. The van der Waals surface area contributed by atoms with Gasteiger partial charge in [0.15, 0.2) is 0 Å². The normalized spacial score (nSPS) is 9.90. The van der Waals surface area contributed by atoms with E-state index in [1.54, 1.807) is 0 Å². The molecule has 68 valence electrons. The molecule has 5 nitrogen and oxygen atoms in total. The van der Waals surface area contributed by atoms with Crippen molar-refractivity contribution >= 4 is 0 Å². The molecule has 0 aromatic rings. The zero-order chi connectivity index (χ0) is 7.15. The van der Waals surface area contributed by atoms with Crippen molar-refractivity contribution in [3.8, 4) is 0 Å². The summed E-state index contributed by atoms with van der Waals surface area (Å²) in [5.74, 6) is 0. The van der Waals surface area contributed by atoms with Crippen LogP contribution in [0.3, 0.4) is 0 Å². The van der Waals surface area contributed by atoms with Crippen LogP contribution in [-0.2, 0) is 0 Å². The highest BCUT2D eigenvalue weighted by molar-refractivity contribution is 4.16. The van der Waals surface area contributed by atoms with Crippen LogP contribution < -0.4 is 5.73 Å². The number of hydrogen-bond acceptors (Lipinski definition) is 3. The Morgan fingerprint density at radius 1 is 1.20 bits per heavy atom. The van der Waals surface area contributed by atoms with Crippen molar-refractivity contribution in [2.24, 2.45) is 5.73 Å². The molecule has 0 aromatic heterocycles. The highest BCUT2D eigenvalue weighted by atomic mass is 16.3. The molecule has 0 heterocycles. The van der Waals surface area contributed by atoms with Gasteiger partial charge in [0.1, 0.15) is 0 Å². The third kappa shape index (κ3) is 9020. The summed E-state index contributed by atoms with van der Waals surface area (Å²) in [7, 11) is 6.00. The second-order valence-electron chi connectivity index (χ2n) is 2.08. The lowest BCUT2D eigenvalue weighted by atomic mass is 10.7. The molecule has 0 aliphatic rings. The lowest BCUT2D eigenvalue weighted by molar-refractivity contribution is 0.203. The van der Waals surface area contributed by atoms with Crippen molar-refractivity contribution in [2.75, 3.05) is 21.1 Å². The van der Waals surface area contributed by atoms with Gasteiger partial charge < -0.3 is 26.7 Å². The molecule has 0 radical (unpaired) electrons. The fourth-order valence-corrected chi connectivity index (χ4v) is 0. The molecular formula is C5H20N2O3. The van der Waals surface area contributed by atoms with E-state index < -0.39 is 6.23 Å². The molecule has 7 N–H and O–H groups in total. The van der Waals surface area contributed by atoms with Crippen LogP contribution in [0.2, 0.25) is 0 Å². The Labute approximate surface area is 62.1 Å². The van der Waals surface area contributed by atoms with Gasteiger partial charge in [-0.15, -0.1) is 0 Å². The first-order valence-corrected chi connectivity index (χ1v) is 2.51. The van der Waals surface area contributed by atoms with Gasteiger partial charge in [-0.1, -0.05) is 0 Å². The molecule has 1 atom stereocenters. The lowest BCUT2D eigenvalue weighted by Gasteiger charge is -1.90. The van der Waals surface area contributed by atoms with Gasteiger partial charge in [0, 0.05) is 0 Å². The van der Waals surface area contributed by atoms with Gasteiger partial charge in [-0.3, -0.25) is 0 Å². The Balaban J connectivity index is -0.0000000300. The molecule has 0 saturated heterocycles. The minimum Gasteiger partial charge on any atom is -0.412 e. The monoisotopic (exact) mass is 156 g/mol. The van der Waals surface area contributed by atoms with E-state index in [-0.39, 0.29) is 11.0 Å². The summed E-state index contributed by atoms with van der Waals surface area (Å²) in [4.78, 5) is 2.00. The summed E-state index contributed by atoms with van der Waals surface area (Å²) in [6.07, 6.45) is -0.667. The smallest absolute Gasteiger partial charge is 0.0991 e. The molecule has 0 aromatic carbocycles. The van der Waals surface area contributed by atoms with Crippen LogP contribution in [0.5, 0.6) is 0 Å². The molecule has 0 aliphatic carbocycles. The van der Waals surface area contributed by atoms with Gasteiger partial charge in [0.2, 0.25) is 0 Å². The zero-order valence-electron chi connectivity index (χ0n) is 7.05. The van der Waals surface area contributed by atoms with Gasteiger partial charge in [-0.2, -0.15) is 0 Å². The summed E-state index contributed by atoms with van der Waals surface area (Å²) < 4.78 is 0. The van der Waals surface area contributed by atoms with E-state index in [4.69, 9.17) is 5.11 Å². The van der Waals surface area contributed by atoms with Crippen LogP contribution in [-0.4, -0.2) is 48.3 Å². The Hall–Kier alpha value is -0.200. The quantitative estimate of drug-likeness (QED) is 0.388. The van der Waals surface area contributed by atoms with Crippen LogP contribution in [0, 0.1) is 0 Å². The Bertz CT molecular complexity index is 30.4. The third-order valence-corrected chi connectivity index (χ3v) is 0. The number of aliphatic hydroxyl groups excluding tert-OH is 1. The Morgan fingerprint density at radius 2 is 1.20 bits per heavy atom. The highest BCUT2D eigenvalue weighted by Crippen LogP contribution is 1.50. The first-order chi connectivity index (χ1) is 3.46. The van der Waals surface area contributed by atoms with E-state index in [0.29, 0.717) is 0 Å². The van der Waals surface area contributed by atoms with Crippen LogP contribution in [0.15, 0.2) is 0 Å². The second-order valence-corrected chi connectivity index (χ2v) is 2.08. The summed E-state index contributed by atoms with van der Waals surface area (Å²) in [6.45, 7) is 1.50. The van der Waals surface area contributed by atoms with E-state index >= 15 is 0 Å². The van der Waals surface area contributed by atoms with Crippen molar-refractivity contribution in [3.63, 3.8) is 0 Å². The van der Waals surface area contributed by atoms with Gasteiger partial charge >= 0.3 is 0 Å². The topological polar surface area (TPSA) is 112 Å². The third-order valence-electron chi connectivity index (χ3n) is 0. The van der Waals surface area contributed by atoms with Crippen molar-refractivity contribution in [2.45, 2.75) is 13.2 Å². The average molecular weight is 156 g/mol. The Kier molecular flexibility index (Phi) is 35.9. The fourth-order valence-electron chi connectivity index (χ4n) is 0. The van der Waals surface area contributed by atoms with E-state index in [0.717, 1.165) is 0 Å². The van der Waals surface area contributed by atoms with Crippen molar-refractivity contribution in [1.29, 1.82) is 0 Å². The number of aliphatic hydroxyl groups is 1. The highest BCUT2D eigenvalue weighted by Gasteiger charge is 1.68. The first-order valence-electron chi connectivity index (χ1n) is 2.51. The number of rotatable bonds is 0. The Morgan fingerprint density at radius 3 is 1.20 bits per heavy atom. The van der Waals surface area contributed by atoms with Gasteiger partial charge in [-0.25, -0.2) is 0 Å². The first kappa shape index (κ1) is 22.6. The average Bonchev–Trinajstić information content (AvgIpc) is 1.25. The van der Waals surface area contributed by atoms with E-state index in [2.05, 4.69) is 5.73 Å². The minimum absolute atomic E-state index is 0. The molecule has 0 aliphatic heterocycles. The number of hydrogen-bond donors (Lipinski definition) is 2. The van der Waals surface area contributed by atoms with Crippen LogP contribution in [0.25, 0.3) is 0 Å². The molecule has 0 bridgehead atoms. The molecule has 0 spiro atoms. The van der Waals surface area contributed by atoms with E-state index in [9.17, 15) is 0 Å². The second kappa shape index (κ2) is 15.9. The molecule has 0 rings (SSSR count). The number of nitrogens with two attached hydrogens (primary N) is 1. The standard InChI is InChI=1S/C3H9N.C2H7NO.2H2O/c1-4(2)3;1-2(3)4;;/h1-3H3;2,4H,3H2,1H3;2*1H2. The predicted octanol–water partition coefficient (Wildman–Crippen LogP) is -2.19. The zero-order valence-corrected chi connectivity index (χ0v) is 7.05. The maximum Gasteiger partial charge on any atom is 0.0991 e.